The summed E-state index contributed by atoms with van der Waals surface area (Å²) in [4.78, 5) is 2.48. The summed E-state index contributed by atoms with van der Waals surface area (Å²) < 4.78 is 5.29. The van der Waals surface area contributed by atoms with Crippen LogP contribution in [-0.2, 0) is 0 Å². The Kier molecular flexibility index (Phi) is 4.25. The number of nitrogens with zero attached hydrogens (tertiary/aromatic N) is 1. The minimum atomic E-state index is 0.307. The second-order valence-electron chi connectivity index (χ2n) is 5.51. The molecule has 0 saturated carbocycles. The molecule has 1 aromatic rings. The second-order valence-corrected chi connectivity index (χ2v) is 5.51. The van der Waals surface area contributed by atoms with E-state index in [1.165, 1.54) is 5.56 Å². The fourth-order valence-electron chi connectivity index (χ4n) is 2.87. The van der Waals surface area contributed by atoms with Gasteiger partial charge in [0.15, 0.2) is 0 Å². The highest BCUT2D eigenvalue weighted by atomic mass is 16.5. The average molecular weight is 248 g/mol. The number of nitrogens with two attached hydrogens (primary N) is 1. The first-order valence-electron chi connectivity index (χ1n) is 6.73. The van der Waals surface area contributed by atoms with Gasteiger partial charge in [-0.15, -0.1) is 0 Å². The van der Waals surface area contributed by atoms with E-state index in [1.54, 1.807) is 7.11 Å². The second kappa shape index (κ2) is 5.72. The molecule has 2 N–H and O–H groups in total. The molecule has 0 amide bonds. The van der Waals surface area contributed by atoms with Gasteiger partial charge >= 0.3 is 0 Å². The molecule has 0 radical (unpaired) electrons. The number of hydrogen-bond donors (Lipinski definition) is 1. The third kappa shape index (κ3) is 3.03. The molecule has 100 valence electrons. The molecule has 18 heavy (non-hydrogen) atoms. The summed E-state index contributed by atoms with van der Waals surface area (Å²) in [5.41, 5.74) is 7.42. The van der Waals surface area contributed by atoms with E-state index in [1.807, 2.05) is 6.07 Å². The van der Waals surface area contributed by atoms with Crippen molar-refractivity contribution in [1.82, 2.24) is 4.90 Å². The Morgan fingerprint density at radius 3 is 2.83 bits per heavy atom. The maximum absolute atomic E-state index is 6.12. The van der Waals surface area contributed by atoms with E-state index < -0.39 is 0 Å². The van der Waals surface area contributed by atoms with Gasteiger partial charge in [-0.1, -0.05) is 19.1 Å². The lowest BCUT2D eigenvalue weighted by Gasteiger charge is -2.38. The van der Waals surface area contributed by atoms with Crippen molar-refractivity contribution in [2.24, 2.45) is 11.7 Å². The fourth-order valence-corrected chi connectivity index (χ4v) is 2.87. The Morgan fingerprint density at radius 1 is 1.39 bits per heavy atom. The van der Waals surface area contributed by atoms with Crippen LogP contribution < -0.4 is 10.5 Å². The van der Waals surface area contributed by atoms with E-state index in [0.29, 0.717) is 18.0 Å². The average Bonchev–Trinajstić information content (AvgIpc) is 2.37. The number of benzene rings is 1. The predicted molar refractivity (Wildman–Crippen MR) is 74.7 cm³/mol. The zero-order valence-corrected chi connectivity index (χ0v) is 11.6. The lowest BCUT2D eigenvalue weighted by molar-refractivity contribution is 0.124. The molecule has 1 fully saturated rings. The van der Waals surface area contributed by atoms with Crippen molar-refractivity contribution in [1.29, 1.82) is 0 Å². The number of ether oxygens (including phenoxy) is 1. The van der Waals surface area contributed by atoms with Crippen molar-refractivity contribution in [3.05, 3.63) is 29.8 Å². The molecule has 3 heteroatoms. The van der Waals surface area contributed by atoms with Crippen LogP contribution in [0.5, 0.6) is 5.75 Å². The van der Waals surface area contributed by atoms with Gasteiger partial charge in [0.2, 0.25) is 0 Å². The Balaban J connectivity index is 2.11. The minimum absolute atomic E-state index is 0.307. The topological polar surface area (TPSA) is 38.5 Å². The summed E-state index contributed by atoms with van der Waals surface area (Å²) in [6, 6.07) is 9.03. The third-order valence-corrected chi connectivity index (χ3v) is 3.84. The first kappa shape index (κ1) is 13.4. The summed E-state index contributed by atoms with van der Waals surface area (Å²) in [6.07, 6.45) is 1.14. The van der Waals surface area contributed by atoms with Gasteiger partial charge in [0.1, 0.15) is 5.75 Å². The van der Waals surface area contributed by atoms with Crippen LogP contribution in [0, 0.1) is 5.92 Å². The third-order valence-electron chi connectivity index (χ3n) is 3.84. The lowest BCUT2D eigenvalue weighted by atomic mass is 9.94. The highest BCUT2D eigenvalue weighted by molar-refractivity contribution is 5.30. The van der Waals surface area contributed by atoms with Crippen molar-refractivity contribution in [2.45, 2.75) is 32.4 Å². The van der Waals surface area contributed by atoms with Crippen LogP contribution in [0.4, 0.5) is 0 Å². The quantitative estimate of drug-likeness (QED) is 0.893. The maximum atomic E-state index is 6.12. The molecule has 2 rings (SSSR count). The minimum Gasteiger partial charge on any atom is -0.497 e. The Labute approximate surface area is 110 Å². The molecule has 1 aliphatic heterocycles. The molecule has 1 aliphatic rings. The van der Waals surface area contributed by atoms with Gasteiger partial charge in [-0.25, -0.2) is 0 Å². The van der Waals surface area contributed by atoms with E-state index in [2.05, 4.69) is 36.9 Å². The van der Waals surface area contributed by atoms with E-state index in [9.17, 15) is 0 Å². The molecule has 3 atom stereocenters. The monoisotopic (exact) mass is 248 g/mol. The van der Waals surface area contributed by atoms with Crippen molar-refractivity contribution in [3.8, 4) is 5.75 Å². The van der Waals surface area contributed by atoms with Crippen LogP contribution in [-0.4, -0.2) is 31.1 Å². The predicted octanol–water partition coefficient (Wildman–Crippen LogP) is 2.43. The Hall–Kier alpha value is -1.06. The van der Waals surface area contributed by atoms with Crippen molar-refractivity contribution in [3.63, 3.8) is 0 Å². The van der Waals surface area contributed by atoms with Crippen LogP contribution in [0.2, 0.25) is 0 Å². The molecule has 0 aromatic heterocycles. The largest absolute Gasteiger partial charge is 0.497 e. The number of piperidine rings is 1. The van der Waals surface area contributed by atoms with E-state index >= 15 is 0 Å². The van der Waals surface area contributed by atoms with Crippen molar-refractivity contribution in [2.75, 3.05) is 20.2 Å². The normalized spacial score (nSPS) is 26.9. The van der Waals surface area contributed by atoms with E-state index in [4.69, 9.17) is 10.5 Å². The molecule has 3 nitrogen and oxygen atoms in total. The number of likely N-dealkylation sites (tertiary alicyclic amines) is 1. The molecule has 0 spiro atoms. The first-order chi connectivity index (χ1) is 8.60. The van der Waals surface area contributed by atoms with Gasteiger partial charge in [-0.3, -0.25) is 4.90 Å². The maximum Gasteiger partial charge on any atom is 0.119 e. The van der Waals surface area contributed by atoms with Gasteiger partial charge in [0.05, 0.1) is 7.11 Å². The Bertz CT molecular complexity index is 384. The fraction of sp³-hybridized carbons (Fsp3) is 0.600. The summed E-state index contributed by atoms with van der Waals surface area (Å²) >= 11 is 0. The van der Waals surface area contributed by atoms with Gasteiger partial charge in [0, 0.05) is 25.2 Å². The standard InChI is InChI=1S/C15H24N2O/c1-11-7-14(16)10-17(9-11)12(2)13-5-4-6-15(8-13)18-3/h4-6,8,11-12,14H,7,9-10,16H2,1-3H3. The number of methoxy groups -OCH3 is 1. The number of hydrogen-bond acceptors (Lipinski definition) is 3. The van der Waals surface area contributed by atoms with Crippen LogP contribution >= 0.6 is 0 Å². The summed E-state index contributed by atoms with van der Waals surface area (Å²) in [6.45, 7) is 6.65. The smallest absolute Gasteiger partial charge is 0.119 e. The molecular formula is C15H24N2O. The molecule has 1 aromatic carbocycles. The van der Waals surface area contributed by atoms with Crippen LogP contribution in [0.15, 0.2) is 24.3 Å². The van der Waals surface area contributed by atoms with E-state index in [-0.39, 0.29) is 0 Å². The SMILES string of the molecule is COc1cccc(C(C)N2CC(C)CC(N)C2)c1. The van der Waals surface area contributed by atoms with Gasteiger partial charge in [-0.05, 0) is 37.0 Å². The highest BCUT2D eigenvalue weighted by Gasteiger charge is 2.26. The van der Waals surface area contributed by atoms with Crippen molar-refractivity contribution >= 4 is 0 Å². The number of rotatable bonds is 3. The first-order valence-corrected chi connectivity index (χ1v) is 6.73. The molecule has 1 saturated heterocycles. The summed E-state index contributed by atoms with van der Waals surface area (Å²) in [7, 11) is 1.71. The van der Waals surface area contributed by atoms with Crippen LogP contribution in [0.3, 0.4) is 0 Å². The Morgan fingerprint density at radius 2 is 2.17 bits per heavy atom. The van der Waals surface area contributed by atoms with Gasteiger partial charge < -0.3 is 10.5 Å². The zero-order chi connectivity index (χ0) is 13.1. The van der Waals surface area contributed by atoms with E-state index in [0.717, 1.165) is 25.3 Å². The van der Waals surface area contributed by atoms with Crippen LogP contribution in [0.25, 0.3) is 0 Å². The van der Waals surface area contributed by atoms with Crippen LogP contribution in [0.1, 0.15) is 31.9 Å². The lowest BCUT2D eigenvalue weighted by Crippen LogP contribution is -2.47. The molecular weight excluding hydrogens is 224 g/mol. The zero-order valence-electron chi connectivity index (χ0n) is 11.6. The van der Waals surface area contributed by atoms with Gasteiger partial charge in [-0.2, -0.15) is 0 Å². The van der Waals surface area contributed by atoms with Gasteiger partial charge in [0.25, 0.3) is 0 Å². The summed E-state index contributed by atoms with van der Waals surface area (Å²) in [5.74, 6) is 1.61. The highest BCUT2D eigenvalue weighted by Crippen LogP contribution is 2.27. The molecule has 0 bridgehead atoms. The molecule has 3 unspecified atom stereocenters. The van der Waals surface area contributed by atoms with Crippen molar-refractivity contribution < 1.29 is 4.74 Å². The molecule has 1 heterocycles. The molecule has 0 aliphatic carbocycles. The summed E-state index contributed by atoms with van der Waals surface area (Å²) in [5, 5.41) is 0.